The van der Waals surface area contributed by atoms with Crippen molar-refractivity contribution in [3.8, 4) is 11.3 Å². The maximum atomic E-state index is 13.8. The normalized spacial score (nSPS) is 12.2. The average Bonchev–Trinajstić information content (AvgIpc) is 3.59. The van der Waals surface area contributed by atoms with E-state index in [4.69, 9.17) is 0 Å². The lowest BCUT2D eigenvalue weighted by atomic mass is 10.0. The second-order valence-corrected chi connectivity index (χ2v) is 10.0. The summed E-state index contributed by atoms with van der Waals surface area (Å²) in [4.78, 5) is 36.0. The van der Waals surface area contributed by atoms with Gasteiger partial charge in [-0.2, -0.15) is 0 Å². The second-order valence-electron chi connectivity index (χ2n) is 10.0. The van der Waals surface area contributed by atoms with E-state index in [-0.39, 0.29) is 30.0 Å². The monoisotopic (exact) mass is 524 g/mol. The van der Waals surface area contributed by atoms with Crippen LogP contribution < -0.4 is 5.32 Å². The van der Waals surface area contributed by atoms with Gasteiger partial charge in [0.15, 0.2) is 0 Å². The first-order valence-corrected chi connectivity index (χ1v) is 13.6. The summed E-state index contributed by atoms with van der Waals surface area (Å²) in [5.74, 6) is 0.483. The molecule has 5 rings (SSSR count). The molecular formula is C32H33FN4O2. The first-order chi connectivity index (χ1) is 19.0. The van der Waals surface area contributed by atoms with Gasteiger partial charge in [0.25, 0.3) is 0 Å². The molecule has 2 aromatic heterocycles. The number of carbonyl (C=O) groups is 2. The van der Waals surface area contributed by atoms with Gasteiger partial charge in [-0.05, 0) is 53.4 Å². The summed E-state index contributed by atoms with van der Waals surface area (Å²) in [7, 11) is 0. The Morgan fingerprint density at radius 2 is 1.85 bits per heavy atom. The van der Waals surface area contributed by atoms with Crippen molar-refractivity contribution in [2.24, 2.45) is 0 Å². The Labute approximate surface area is 227 Å². The van der Waals surface area contributed by atoms with Crippen LogP contribution in [-0.4, -0.2) is 26.6 Å². The summed E-state index contributed by atoms with van der Waals surface area (Å²) < 4.78 is 13.8. The van der Waals surface area contributed by atoms with Crippen molar-refractivity contribution in [3.63, 3.8) is 0 Å². The Morgan fingerprint density at radius 1 is 1.00 bits per heavy atom. The number of rotatable bonds is 12. The van der Waals surface area contributed by atoms with Crippen LogP contribution in [0.5, 0.6) is 0 Å². The number of halogens is 1. The van der Waals surface area contributed by atoms with Crippen molar-refractivity contribution in [1.82, 2.24) is 20.3 Å². The standard InChI is InChI=1S/C32H33FN4O2/c1-2-26(38)10-4-3-5-11-29(36-31(39)17-24-19-34-28-15-14-25(33)18-27(24)28)32-35-20-30(37-32)23-13-12-21-8-6-7-9-22(21)16-23/h6-9,12-16,18-20,29,34H,2-5,10-11,17H2,1H3,(H,35,37)(H,36,39)/t29-/m0/s1. The van der Waals surface area contributed by atoms with Crippen molar-refractivity contribution in [2.45, 2.75) is 57.9 Å². The van der Waals surface area contributed by atoms with Crippen LogP contribution in [0.2, 0.25) is 0 Å². The Kier molecular flexibility index (Phi) is 8.16. The van der Waals surface area contributed by atoms with Crippen LogP contribution in [0.1, 0.15) is 62.9 Å². The van der Waals surface area contributed by atoms with Crippen molar-refractivity contribution in [3.05, 3.63) is 90.3 Å². The molecule has 5 aromatic rings. The highest BCUT2D eigenvalue weighted by Gasteiger charge is 2.20. The summed E-state index contributed by atoms with van der Waals surface area (Å²) in [6.07, 6.45) is 8.15. The number of imidazole rings is 1. The van der Waals surface area contributed by atoms with E-state index in [2.05, 4.69) is 50.6 Å². The molecule has 2 heterocycles. The number of aromatic nitrogens is 3. The van der Waals surface area contributed by atoms with Gasteiger partial charge >= 0.3 is 0 Å². The van der Waals surface area contributed by atoms with Crippen molar-refractivity contribution in [2.75, 3.05) is 0 Å². The number of nitrogens with zero attached hydrogens (tertiary/aromatic N) is 1. The van der Waals surface area contributed by atoms with Crippen LogP contribution in [0.3, 0.4) is 0 Å². The third-order valence-corrected chi connectivity index (χ3v) is 7.24. The van der Waals surface area contributed by atoms with Gasteiger partial charge in [0.1, 0.15) is 17.4 Å². The Balaban J connectivity index is 1.32. The molecule has 200 valence electrons. The van der Waals surface area contributed by atoms with Crippen LogP contribution in [0.4, 0.5) is 4.39 Å². The molecule has 0 aliphatic rings. The first kappa shape index (κ1) is 26.4. The molecule has 3 N–H and O–H groups in total. The highest BCUT2D eigenvalue weighted by atomic mass is 19.1. The van der Waals surface area contributed by atoms with Crippen LogP contribution in [0, 0.1) is 5.82 Å². The number of H-pyrrole nitrogens is 2. The van der Waals surface area contributed by atoms with Gasteiger partial charge in [-0.25, -0.2) is 9.37 Å². The zero-order valence-electron chi connectivity index (χ0n) is 22.1. The zero-order valence-corrected chi connectivity index (χ0v) is 22.1. The molecule has 0 saturated carbocycles. The van der Waals surface area contributed by atoms with Gasteiger partial charge in [0.2, 0.25) is 5.91 Å². The Hall–Kier alpha value is -4.26. The fourth-order valence-corrected chi connectivity index (χ4v) is 5.03. The number of hydrogen-bond acceptors (Lipinski definition) is 3. The van der Waals surface area contributed by atoms with Gasteiger partial charge in [-0.3, -0.25) is 9.59 Å². The van der Waals surface area contributed by atoms with Gasteiger partial charge in [0, 0.05) is 35.5 Å². The summed E-state index contributed by atoms with van der Waals surface area (Å²) in [5.41, 5.74) is 3.45. The van der Waals surface area contributed by atoms with Crippen molar-refractivity contribution < 1.29 is 14.0 Å². The predicted molar refractivity (Wildman–Crippen MR) is 153 cm³/mol. The maximum Gasteiger partial charge on any atom is 0.225 e. The Bertz CT molecular complexity index is 1600. The highest BCUT2D eigenvalue weighted by molar-refractivity contribution is 5.89. The van der Waals surface area contributed by atoms with E-state index in [1.165, 1.54) is 17.5 Å². The molecule has 6 nitrogen and oxygen atoms in total. The molecule has 0 aliphatic heterocycles. The van der Waals surface area contributed by atoms with E-state index in [0.29, 0.717) is 30.5 Å². The molecule has 1 amide bonds. The summed E-state index contributed by atoms with van der Waals surface area (Å²) >= 11 is 0. The van der Waals surface area contributed by atoms with E-state index < -0.39 is 0 Å². The number of nitrogens with one attached hydrogen (secondary N) is 3. The molecule has 0 unspecified atom stereocenters. The van der Waals surface area contributed by atoms with Crippen LogP contribution >= 0.6 is 0 Å². The molecule has 3 aromatic carbocycles. The number of Topliss-reactive ketones (excluding diaryl/α,β-unsaturated/α-hetero) is 1. The molecule has 0 spiro atoms. The fraction of sp³-hybridized carbons (Fsp3) is 0.281. The van der Waals surface area contributed by atoms with Crippen LogP contribution in [0.15, 0.2) is 73.1 Å². The van der Waals surface area contributed by atoms with Gasteiger partial charge < -0.3 is 15.3 Å². The van der Waals surface area contributed by atoms with E-state index >= 15 is 0 Å². The predicted octanol–water partition coefficient (Wildman–Crippen LogP) is 7.18. The van der Waals surface area contributed by atoms with E-state index in [1.54, 1.807) is 18.5 Å². The Morgan fingerprint density at radius 3 is 2.69 bits per heavy atom. The van der Waals surface area contributed by atoms with E-state index in [9.17, 15) is 14.0 Å². The number of fused-ring (bicyclic) bond motifs is 2. The molecule has 0 aliphatic carbocycles. The lowest BCUT2D eigenvalue weighted by Gasteiger charge is -2.17. The largest absolute Gasteiger partial charge is 0.361 e. The second kappa shape index (κ2) is 12.1. The molecule has 0 saturated heterocycles. The van der Waals surface area contributed by atoms with Gasteiger partial charge in [-0.1, -0.05) is 56.2 Å². The lowest BCUT2D eigenvalue weighted by molar-refractivity contribution is -0.121. The number of benzene rings is 3. The smallest absolute Gasteiger partial charge is 0.225 e. The number of unbranched alkanes of at least 4 members (excludes halogenated alkanes) is 2. The van der Waals surface area contributed by atoms with Gasteiger partial charge in [0.05, 0.1) is 24.4 Å². The van der Waals surface area contributed by atoms with Gasteiger partial charge in [-0.15, -0.1) is 0 Å². The molecule has 0 bridgehead atoms. The van der Waals surface area contributed by atoms with E-state index in [0.717, 1.165) is 47.0 Å². The maximum absolute atomic E-state index is 13.8. The van der Waals surface area contributed by atoms with Crippen molar-refractivity contribution in [1.29, 1.82) is 0 Å². The third-order valence-electron chi connectivity index (χ3n) is 7.24. The minimum Gasteiger partial charge on any atom is -0.361 e. The molecule has 0 fully saturated rings. The quantitative estimate of drug-likeness (QED) is 0.151. The van der Waals surface area contributed by atoms with Crippen LogP contribution in [-0.2, 0) is 16.0 Å². The van der Waals surface area contributed by atoms with Crippen LogP contribution in [0.25, 0.3) is 32.9 Å². The molecule has 1 atom stereocenters. The number of carbonyl (C=O) groups excluding carboxylic acids is 2. The molecule has 39 heavy (non-hydrogen) atoms. The number of hydrogen-bond donors (Lipinski definition) is 3. The first-order valence-electron chi connectivity index (χ1n) is 13.6. The summed E-state index contributed by atoms with van der Waals surface area (Å²) in [6, 6.07) is 18.7. The number of aromatic amines is 2. The molecular weight excluding hydrogens is 491 g/mol. The zero-order chi connectivity index (χ0) is 27.2. The minimum atomic E-state index is -0.333. The van der Waals surface area contributed by atoms with Crippen molar-refractivity contribution >= 4 is 33.4 Å². The minimum absolute atomic E-state index is 0.128. The average molecular weight is 525 g/mol. The number of ketones is 1. The fourth-order valence-electron chi connectivity index (χ4n) is 5.03. The number of amides is 1. The SMILES string of the molecule is CCC(=O)CCCCC[C@H](NC(=O)Cc1c[nH]c2ccc(F)cc12)c1ncc(-c2ccc3ccccc3c2)[nH]1. The summed E-state index contributed by atoms with van der Waals surface area (Å²) in [6.45, 7) is 1.89. The topological polar surface area (TPSA) is 90.6 Å². The lowest BCUT2D eigenvalue weighted by Crippen LogP contribution is -2.30. The highest BCUT2D eigenvalue weighted by Crippen LogP contribution is 2.26. The molecule has 7 heteroatoms. The summed E-state index contributed by atoms with van der Waals surface area (Å²) in [5, 5.41) is 6.17. The molecule has 0 radical (unpaired) electrons. The third kappa shape index (κ3) is 6.42. The van der Waals surface area contributed by atoms with E-state index in [1.807, 2.05) is 19.1 Å².